The van der Waals surface area contributed by atoms with Gasteiger partial charge in [-0.2, -0.15) is 0 Å². The Kier molecular flexibility index (Phi) is 5.27. The summed E-state index contributed by atoms with van der Waals surface area (Å²) < 4.78 is 44.5. The molecule has 102 valence electrons. The summed E-state index contributed by atoms with van der Waals surface area (Å²) in [4.78, 5) is 0. The molecular weight excluding hydrogens is 247 g/mol. The maximum atomic E-state index is 11.9. The molecule has 0 heterocycles. The molecule has 3 nitrogen and oxygen atoms in total. The largest absolute Gasteiger partial charge is 0.573 e. The number of nitrogens with one attached hydrogen (secondary N) is 1. The van der Waals surface area contributed by atoms with E-state index in [1.165, 1.54) is 12.1 Å². The molecule has 0 aromatic heterocycles. The van der Waals surface area contributed by atoms with Crippen molar-refractivity contribution >= 4 is 5.69 Å². The van der Waals surface area contributed by atoms with E-state index in [2.05, 4.69) is 10.1 Å². The second-order valence-corrected chi connectivity index (χ2v) is 4.01. The Labute approximate surface area is 104 Å². The Bertz CT molecular complexity index is 351. The molecule has 1 N–H and O–H groups in total. The zero-order chi connectivity index (χ0) is 13.6. The summed E-state index contributed by atoms with van der Waals surface area (Å²) in [7, 11) is 1.62. The van der Waals surface area contributed by atoms with Crippen molar-refractivity contribution in [2.45, 2.75) is 13.3 Å². The van der Waals surface area contributed by atoms with Gasteiger partial charge in [-0.1, -0.05) is 6.92 Å². The summed E-state index contributed by atoms with van der Waals surface area (Å²) in [5.74, 6) is 0.0964. The number of methoxy groups -OCH3 is 1. The van der Waals surface area contributed by atoms with Gasteiger partial charge in [0.05, 0.1) is 6.61 Å². The second kappa shape index (κ2) is 6.49. The molecule has 1 aromatic carbocycles. The lowest BCUT2D eigenvalue weighted by atomic mass is 10.2. The molecule has 0 radical (unpaired) electrons. The number of benzene rings is 1. The third kappa shape index (κ3) is 5.77. The third-order valence-electron chi connectivity index (χ3n) is 2.19. The van der Waals surface area contributed by atoms with Crippen LogP contribution >= 0.6 is 0 Å². The lowest BCUT2D eigenvalue weighted by molar-refractivity contribution is -0.274. The minimum absolute atomic E-state index is 0.224. The monoisotopic (exact) mass is 263 g/mol. The van der Waals surface area contributed by atoms with Gasteiger partial charge >= 0.3 is 6.36 Å². The fraction of sp³-hybridized carbons (Fsp3) is 0.500. The molecule has 1 rings (SSSR count). The van der Waals surface area contributed by atoms with Gasteiger partial charge in [0.15, 0.2) is 0 Å². The highest BCUT2D eigenvalue weighted by atomic mass is 19.4. The number of halogens is 3. The van der Waals surface area contributed by atoms with Crippen LogP contribution in [0.4, 0.5) is 18.9 Å². The van der Waals surface area contributed by atoms with E-state index in [1.807, 2.05) is 6.92 Å². The molecule has 0 saturated heterocycles. The normalized spacial score (nSPS) is 13.2. The summed E-state index contributed by atoms with van der Waals surface area (Å²) in [6.45, 7) is 3.33. The van der Waals surface area contributed by atoms with Gasteiger partial charge in [0.25, 0.3) is 0 Å². The van der Waals surface area contributed by atoms with Gasteiger partial charge in [-0.05, 0) is 30.2 Å². The summed E-state index contributed by atoms with van der Waals surface area (Å²) in [5, 5.41) is 3.10. The first-order chi connectivity index (χ1) is 8.40. The van der Waals surface area contributed by atoms with Crippen LogP contribution in [0.25, 0.3) is 0 Å². The fourth-order valence-corrected chi connectivity index (χ4v) is 1.41. The Morgan fingerprint density at radius 1 is 1.22 bits per heavy atom. The van der Waals surface area contributed by atoms with Gasteiger partial charge in [-0.15, -0.1) is 13.2 Å². The average Bonchev–Trinajstić information content (AvgIpc) is 2.26. The molecule has 1 unspecified atom stereocenters. The van der Waals surface area contributed by atoms with Crippen LogP contribution in [-0.2, 0) is 4.74 Å². The lowest BCUT2D eigenvalue weighted by Crippen LogP contribution is -2.17. The molecule has 0 amide bonds. The third-order valence-corrected chi connectivity index (χ3v) is 2.19. The summed E-state index contributed by atoms with van der Waals surface area (Å²) in [6, 6.07) is 5.63. The number of hydrogen-bond acceptors (Lipinski definition) is 3. The maximum absolute atomic E-state index is 11.9. The second-order valence-electron chi connectivity index (χ2n) is 4.01. The molecule has 18 heavy (non-hydrogen) atoms. The Morgan fingerprint density at radius 2 is 1.83 bits per heavy atom. The predicted octanol–water partition coefficient (Wildman–Crippen LogP) is 3.28. The van der Waals surface area contributed by atoms with Crippen molar-refractivity contribution in [1.29, 1.82) is 0 Å². The molecule has 1 aromatic rings. The molecular formula is C12H16F3NO2. The maximum Gasteiger partial charge on any atom is 0.573 e. The molecule has 0 aliphatic heterocycles. The first kappa shape index (κ1) is 14.6. The van der Waals surface area contributed by atoms with Gasteiger partial charge in [0.1, 0.15) is 5.75 Å². The van der Waals surface area contributed by atoms with E-state index in [0.29, 0.717) is 19.1 Å². The minimum Gasteiger partial charge on any atom is -0.406 e. The van der Waals surface area contributed by atoms with E-state index in [1.54, 1.807) is 19.2 Å². The zero-order valence-electron chi connectivity index (χ0n) is 10.3. The summed E-state index contributed by atoms with van der Waals surface area (Å²) in [5.41, 5.74) is 0.743. The molecule has 0 bridgehead atoms. The number of hydrogen-bond donors (Lipinski definition) is 1. The van der Waals surface area contributed by atoms with Crippen LogP contribution in [0.2, 0.25) is 0 Å². The lowest BCUT2D eigenvalue weighted by Gasteiger charge is -2.13. The van der Waals surface area contributed by atoms with Crippen molar-refractivity contribution in [3.63, 3.8) is 0 Å². The fourth-order valence-electron chi connectivity index (χ4n) is 1.41. The van der Waals surface area contributed by atoms with E-state index >= 15 is 0 Å². The molecule has 0 saturated carbocycles. The highest BCUT2D eigenvalue weighted by Gasteiger charge is 2.30. The van der Waals surface area contributed by atoms with Crippen LogP contribution in [0, 0.1) is 5.92 Å². The Hall–Kier alpha value is -1.43. The molecule has 0 fully saturated rings. The molecule has 6 heteroatoms. The van der Waals surface area contributed by atoms with Gasteiger partial charge < -0.3 is 14.8 Å². The van der Waals surface area contributed by atoms with E-state index < -0.39 is 6.36 Å². The van der Waals surface area contributed by atoms with Crippen molar-refractivity contribution < 1.29 is 22.6 Å². The topological polar surface area (TPSA) is 30.5 Å². The van der Waals surface area contributed by atoms with E-state index in [-0.39, 0.29) is 5.75 Å². The first-order valence-electron chi connectivity index (χ1n) is 5.49. The Balaban J connectivity index is 2.45. The highest BCUT2D eigenvalue weighted by molar-refractivity contribution is 5.46. The highest BCUT2D eigenvalue weighted by Crippen LogP contribution is 2.23. The molecule has 0 aliphatic carbocycles. The number of anilines is 1. The van der Waals surface area contributed by atoms with Crippen LogP contribution in [0.5, 0.6) is 5.75 Å². The number of rotatable bonds is 6. The zero-order valence-corrected chi connectivity index (χ0v) is 10.3. The summed E-state index contributed by atoms with van der Waals surface area (Å²) in [6.07, 6.45) is -4.65. The summed E-state index contributed by atoms with van der Waals surface area (Å²) >= 11 is 0. The van der Waals surface area contributed by atoms with Crippen LogP contribution < -0.4 is 10.1 Å². The van der Waals surface area contributed by atoms with Crippen molar-refractivity contribution in [2.24, 2.45) is 5.92 Å². The smallest absolute Gasteiger partial charge is 0.406 e. The van der Waals surface area contributed by atoms with E-state index in [4.69, 9.17) is 4.74 Å². The van der Waals surface area contributed by atoms with Gasteiger partial charge in [0.2, 0.25) is 0 Å². The average molecular weight is 263 g/mol. The van der Waals surface area contributed by atoms with Crippen molar-refractivity contribution in [3.05, 3.63) is 24.3 Å². The van der Waals surface area contributed by atoms with Crippen molar-refractivity contribution in [3.8, 4) is 5.75 Å². The van der Waals surface area contributed by atoms with Crippen LogP contribution in [0.3, 0.4) is 0 Å². The van der Waals surface area contributed by atoms with Gasteiger partial charge in [-0.25, -0.2) is 0 Å². The standard InChI is InChI=1S/C12H16F3NO2/c1-9(8-17-2)7-16-10-3-5-11(6-4-10)18-12(13,14)15/h3-6,9,16H,7-8H2,1-2H3. The van der Waals surface area contributed by atoms with Gasteiger partial charge in [0, 0.05) is 19.3 Å². The predicted molar refractivity (Wildman–Crippen MR) is 62.7 cm³/mol. The molecule has 1 atom stereocenters. The quantitative estimate of drug-likeness (QED) is 0.854. The van der Waals surface area contributed by atoms with E-state index in [0.717, 1.165) is 5.69 Å². The van der Waals surface area contributed by atoms with Crippen LogP contribution in [0.1, 0.15) is 6.92 Å². The first-order valence-corrected chi connectivity index (χ1v) is 5.49. The van der Waals surface area contributed by atoms with E-state index in [9.17, 15) is 13.2 Å². The van der Waals surface area contributed by atoms with Crippen molar-refractivity contribution in [1.82, 2.24) is 0 Å². The number of alkyl halides is 3. The molecule has 0 aliphatic rings. The van der Waals surface area contributed by atoms with Crippen molar-refractivity contribution in [2.75, 3.05) is 25.6 Å². The van der Waals surface area contributed by atoms with Gasteiger partial charge in [-0.3, -0.25) is 0 Å². The van der Waals surface area contributed by atoms with Crippen LogP contribution in [0.15, 0.2) is 24.3 Å². The van der Waals surface area contributed by atoms with Crippen LogP contribution in [-0.4, -0.2) is 26.6 Å². The number of ether oxygens (including phenoxy) is 2. The SMILES string of the molecule is COCC(C)CNc1ccc(OC(F)(F)F)cc1. The Morgan fingerprint density at radius 3 is 2.33 bits per heavy atom. The minimum atomic E-state index is -4.65. The molecule has 0 spiro atoms.